The highest BCUT2D eigenvalue weighted by atomic mass is 31.2. The van der Waals surface area contributed by atoms with Gasteiger partial charge in [-0.1, -0.05) is 39.8 Å². The molecule has 1 saturated heterocycles. The van der Waals surface area contributed by atoms with Gasteiger partial charge in [-0.25, -0.2) is 14.1 Å². The van der Waals surface area contributed by atoms with Gasteiger partial charge in [0.2, 0.25) is 5.60 Å². The summed E-state index contributed by atoms with van der Waals surface area (Å²) in [6, 6.07) is 8.93. The highest BCUT2D eigenvalue weighted by molar-refractivity contribution is 7.52. The summed E-state index contributed by atoms with van der Waals surface area (Å²) in [5.74, 6) is -4.14. The van der Waals surface area contributed by atoms with Crippen molar-refractivity contribution in [2.45, 2.75) is 97.0 Å². The molecule has 0 unspecified atom stereocenters. The fraction of sp³-hybridized carbons (Fsp3) is 0.528. The average molecular weight is 802 g/mol. The predicted octanol–water partition coefficient (Wildman–Crippen LogP) is 2.96. The molecule has 0 bridgehead atoms. The Bertz CT molecular complexity index is 1980. The molecule has 1 aromatic carbocycles. The van der Waals surface area contributed by atoms with Gasteiger partial charge in [0.25, 0.3) is 0 Å². The molecule has 19 nitrogen and oxygen atoms in total. The van der Waals surface area contributed by atoms with Crippen LogP contribution in [0.15, 0.2) is 42.7 Å². The Morgan fingerprint density at radius 1 is 0.982 bits per heavy atom. The molecule has 2 aromatic heterocycles. The van der Waals surface area contributed by atoms with E-state index in [1.165, 1.54) is 29.9 Å². The van der Waals surface area contributed by atoms with Crippen molar-refractivity contribution in [3.63, 3.8) is 0 Å². The van der Waals surface area contributed by atoms with E-state index in [0.29, 0.717) is 11.1 Å². The third kappa shape index (κ3) is 10.2. The Hall–Kier alpha value is -5.12. The number of nitrogens with zero attached hydrogens (tertiary/aromatic N) is 4. The second-order valence-corrected chi connectivity index (χ2v) is 15.7. The summed E-state index contributed by atoms with van der Waals surface area (Å²) >= 11 is 0. The summed E-state index contributed by atoms with van der Waals surface area (Å²) in [5.41, 5.74) is 11.0. The summed E-state index contributed by atoms with van der Waals surface area (Å²) in [7, 11) is -3.56. The minimum atomic E-state index is -4.69. The Labute approximate surface area is 323 Å². The highest BCUT2D eigenvalue weighted by Gasteiger charge is 2.62. The Morgan fingerprint density at radius 3 is 2.21 bits per heavy atom. The van der Waals surface area contributed by atoms with Crippen LogP contribution in [0.25, 0.3) is 5.52 Å². The molecule has 7 atom stereocenters. The first-order chi connectivity index (χ1) is 26.3. The largest absolute Gasteiger partial charge is 0.468 e. The molecule has 1 aliphatic heterocycles. The number of esters is 4. The van der Waals surface area contributed by atoms with Crippen molar-refractivity contribution in [3.8, 4) is 11.8 Å². The van der Waals surface area contributed by atoms with Crippen LogP contribution in [0.2, 0.25) is 0 Å². The fourth-order valence-electron chi connectivity index (χ4n) is 5.48. The molecule has 1 aliphatic rings. The van der Waals surface area contributed by atoms with Crippen LogP contribution in [0, 0.1) is 23.2 Å². The van der Waals surface area contributed by atoms with Crippen LogP contribution in [0.3, 0.4) is 0 Å². The molecule has 20 heteroatoms. The van der Waals surface area contributed by atoms with Crippen molar-refractivity contribution >= 4 is 43.0 Å². The standard InChI is InChI=1S/C36H48N7O12P/c1-19(2)32(44)52-29-28(26-13-14-27-31(39)40-18-41-43(26)27)54-36(16-37,30(29)53-33(45)20(3)4)17-50-56(48,42-22(7)34(46)49-8)55-24-11-9-23(10-12-24)15-25(38)35(47)51-21(5)6/h9-14,18-22,25,28-30H,15,17,38H2,1-8H3,(H,42,48)(H2,39,40,41)/t22-,25-,28-,29-,30-,36+,56-/m0/s1. The number of fused-ring (bicyclic) bond motifs is 1. The molecule has 0 aliphatic carbocycles. The Morgan fingerprint density at radius 2 is 1.62 bits per heavy atom. The van der Waals surface area contributed by atoms with E-state index in [0.717, 1.165) is 7.11 Å². The number of hydrogen-bond donors (Lipinski definition) is 3. The predicted molar refractivity (Wildman–Crippen MR) is 197 cm³/mol. The van der Waals surface area contributed by atoms with Gasteiger partial charge in [-0.2, -0.15) is 15.4 Å². The Balaban J connectivity index is 1.74. The minimum absolute atomic E-state index is 0.0142. The lowest BCUT2D eigenvalue weighted by atomic mass is 9.95. The number of nitrogens with one attached hydrogen (secondary N) is 1. The van der Waals surface area contributed by atoms with E-state index in [9.17, 15) is 29.0 Å². The van der Waals surface area contributed by atoms with Crippen molar-refractivity contribution in [1.82, 2.24) is 19.7 Å². The minimum Gasteiger partial charge on any atom is -0.468 e. The second kappa shape index (κ2) is 18.2. The van der Waals surface area contributed by atoms with Crippen LogP contribution >= 0.6 is 7.75 Å². The van der Waals surface area contributed by atoms with Gasteiger partial charge in [-0.05, 0) is 57.0 Å². The number of carbonyl (C=O) groups is 4. The molecule has 0 spiro atoms. The quantitative estimate of drug-likeness (QED) is 0.101. The molecule has 56 heavy (non-hydrogen) atoms. The van der Waals surface area contributed by atoms with E-state index in [-0.39, 0.29) is 29.8 Å². The lowest BCUT2D eigenvalue weighted by Gasteiger charge is -2.31. The zero-order valence-electron chi connectivity index (χ0n) is 32.4. The van der Waals surface area contributed by atoms with Crippen molar-refractivity contribution in [2.75, 3.05) is 19.5 Å². The van der Waals surface area contributed by atoms with Gasteiger partial charge < -0.3 is 39.7 Å². The molecule has 0 saturated carbocycles. The first kappa shape index (κ1) is 43.6. The first-order valence-corrected chi connectivity index (χ1v) is 19.3. The molecule has 0 amide bonds. The monoisotopic (exact) mass is 801 g/mol. The van der Waals surface area contributed by atoms with Crippen LogP contribution in [-0.2, 0) is 58.4 Å². The molecular formula is C36H48N7O12P. The van der Waals surface area contributed by atoms with Gasteiger partial charge in [0, 0.05) is 0 Å². The number of carbonyl (C=O) groups excluding carboxylic acids is 4. The van der Waals surface area contributed by atoms with Gasteiger partial charge in [-0.15, -0.1) is 0 Å². The number of hydrogen-bond acceptors (Lipinski definition) is 17. The maximum absolute atomic E-state index is 14.6. The Kier molecular flexibility index (Phi) is 14.2. The summed E-state index contributed by atoms with van der Waals surface area (Å²) in [6.07, 6.45) is -3.51. The van der Waals surface area contributed by atoms with Crippen LogP contribution in [0.1, 0.15) is 65.8 Å². The number of methoxy groups -OCH3 is 1. The molecule has 3 aromatic rings. The van der Waals surface area contributed by atoms with Crippen LogP contribution in [0.5, 0.6) is 5.75 Å². The van der Waals surface area contributed by atoms with E-state index in [4.69, 9.17) is 44.2 Å². The van der Waals surface area contributed by atoms with Gasteiger partial charge in [0.05, 0.1) is 30.7 Å². The number of anilines is 1. The first-order valence-electron chi connectivity index (χ1n) is 17.8. The van der Waals surface area contributed by atoms with Gasteiger partial charge in [0.1, 0.15) is 48.5 Å². The maximum atomic E-state index is 14.6. The zero-order chi connectivity index (χ0) is 41.5. The van der Waals surface area contributed by atoms with Crippen molar-refractivity contribution < 1.29 is 56.5 Å². The molecule has 1 fully saturated rings. The number of nitrogens with two attached hydrogens (primary N) is 2. The summed E-state index contributed by atoms with van der Waals surface area (Å²) in [6.45, 7) is 10.1. The van der Waals surface area contributed by atoms with E-state index in [2.05, 4.69) is 15.2 Å². The molecule has 4 rings (SSSR count). The summed E-state index contributed by atoms with van der Waals surface area (Å²) < 4.78 is 55.7. The molecular weight excluding hydrogens is 753 g/mol. The smallest absolute Gasteiger partial charge is 0.459 e. The van der Waals surface area contributed by atoms with Crippen LogP contribution in [-0.4, -0.2) is 88.2 Å². The number of aromatic nitrogens is 3. The van der Waals surface area contributed by atoms with E-state index >= 15 is 0 Å². The molecule has 304 valence electrons. The fourth-order valence-corrected chi connectivity index (χ4v) is 7.00. The van der Waals surface area contributed by atoms with Crippen molar-refractivity contribution in [1.29, 1.82) is 5.26 Å². The van der Waals surface area contributed by atoms with Crippen LogP contribution < -0.4 is 21.1 Å². The SMILES string of the molecule is COC(=O)[C@H](C)N[P@](=O)(OC[C@@]1(C#N)O[C@@H](c2ccc3c(N)ncnn23)[C@H](OC(=O)C(C)C)[C@@H]1OC(=O)C(C)C)Oc1ccc(C[C@H](N)C(=O)OC(C)C)cc1. The third-order valence-electron chi connectivity index (χ3n) is 8.44. The summed E-state index contributed by atoms with van der Waals surface area (Å²) in [5, 5.41) is 17.6. The van der Waals surface area contributed by atoms with Gasteiger partial charge in [0.15, 0.2) is 18.0 Å². The van der Waals surface area contributed by atoms with Crippen molar-refractivity contribution in [3.05, 3.63) is 54.0 Å². The number of nitriles is 1. The van der Waals surface area contributed by atoms with E-state index in [1.54, 1.807) is 65.8 Å². The highest BCUT2D eigenvalue weighted by Crippen LogP contribution is 2.50. The lowest BCUT2D eigenvalue weighted by molar-refractivity contribution is -0.173. The van der Waals surface area contributed by atoms with Gasteiger partial charge in [-0.3, -0.25) is 23.7 Å². The second-order valence-electron chi connectivity index (χ2n) is 14.0. The molecule has 0 radical (unpaired) electrons. The number of ether oxygens (including phenoxy) is 5. The molecule has 5 N–H and O–H groups in total. The van der Waals surface area contributed by atoms with E-state index in [1.807, 2.05) is 6.07 Å². The van der Waals surface area contributed by atoms with Gasteiger partial charge >= 0.3 is 31.6 Å². The lowest BCUT2D eigenvalue weighted by Crippen LogP contribution is -2.50. The number of nitrogen functional groups attached to an aromatic ring is 1. The van der Waals surface area contributed by atoms with Crippen LogP contribution in [0.4, 0.5) is 5.82 Å². The summed E-state index contributed by atoms with van der Waals surface area (Å²) in [4.78, 5) is 55.0. The third-order valence-corrected chi connectivity index (χ3v) is 10.1. The normalized spacial score (nSPS) is 21.6. The average Bonchev–Trinajstić information content (AvgIpc) is 3.70. The number of rotatable bonds is 17. The van der Waals surface area contributed by atoms with Crippen molar-refractivity contribution in [2.24, 2.45) is 17.6 Å². The topological polar surface area (TPSA) is 268 Å². The zero-order valence-corrected chi connectivity index (χ0v) is 33.3. The maximum Gasteiger partial charge on any atom is 0.459 e. The number of benzene rings is 1. The van der Waals surface area contributed by atoms with E-state index < -0.39 is 86.1 Å². The molecule has 3 heterocycles.